The van der Waals surface area contributed by atoms with Crippen LogP contribution in [0.1, 0.15) is 17.2 Å². The number of halogens is 3. The summed E-state index contributed by atoms with van der Waals surface area (Å²) in [5.41, 5.74) is 1.48. The van der Waals surface area contributed by atoms with E-state index in [4.69, 9.17) is 39.5 Å². The maximum atomic E-state index is 10.3. The second-order valence-corrected chi connectivity index (χ2v) is 5.69. The molecule has 2 rings (SSSR count). The summed E-state index contributed by atoms with van der Waals surface area (Å²) >= 11 is 17.9. The van der Waals surface area contributed by atoms with Gasteiger partial charge >= 0.3 is 0 Å². The number of ether oxygens (including phenoxy) is 1. The van der Waals surface area contributed by atoms with Crippen LogP contribution in [0.3, 0.4) is 0 Å². The Bertz CT molecular complexity index is 594. The van der Waals surface area contributed by atoms with Crippen LogP contribution in [0.15, 0.2) is 36.4 Å². The van der Waals surface area contributed by atoms with E-state index in [1.807, 2.05) is 0 Å². The standard InChI is InChI=1S/C15H13Cl3O2/c1-20-15-3-2-11(16)6-10(15)7-14(19)9-4-12(17)8-13(18)5-9/h2-6,8,14,19H,7H2,1H3. The Morgan fingerprint density at radius 3 is 2.25 bits per heavy atom. The van der Waals surface area contributed by atoms with Crippen LogP contribution in [0.25, 0.3) is 0 Å². The average molecular weight is 332 g/mol. The highest BCUT2D eigenvalue weighted by Crippen LogP contribution is 2.30. The van der Waals surface area contributed by atoms with E-state index >= 15 is 0 Å². The fourth-order valence-electron chi connectivity index (χ4n) is 2.00. The SMILES string of the molecule is COc1ccc(Cl)cc1CC(O)c1cc(Cl)cc(Cl)c1. The van der Waals surface area contributed by atoms with Gasteiger partial charge in [-0.3, -0.25) is 0 Å². The van der Waals surface area contributed by atoms with Crippen molar-refractivity contribution in [1.82, 2.24) is 0 Å². The van der Waals surface area contributed by atoms with Gasteiger partial charge in [0.05, 0.1) is 13.2 Å². The Hall–Kier alpha value is -0.930. The van der Waals surface area contributed by atoms with Crippen LogP contribution < -0.4 is 4.74 Å². The van der Waals surface area contributed by atoms with Gasteiger partial charge < -0.3 is 9.84 Å². The van der Waals surface area contributed by atoms with E-state index < -0.39 is 6.10 Å². The highest BCUT2D eigenvalue weighted by atomic mass is 35.5. The molecule has 2 aromatic rings. The van der Waals surface area contributed by atoms with Gasteiger partial charge in [-0.1, -0.05) is 34.8 Å². The second-order valence-electron chi connectivity index (χ2n) is 4.38. The lowest BCUT2D eigenvalue weighted by Crippen LogP contribution is -2.03. The molecule has 0 aliphatic heterocycles. The van der Waals surface area contributed by atoms with Gasteiger partial charge in [0.2, 0.25) is 0 Å². The zero-order chi connectivity index (χ0) is 14.7. The molecule has 1 atom stereocenters. The predicted octanol–water partition coefficient (Wildman–Crippen LogP) is 4.93. The smallest absolute Gasteiger partial charge is 0.122 e. The molecule has 2 nitrogen and oxygen atoms in total. The molecule has 2 aromatic carbocycles. The molecule has 0 saturated heterocycles. The zero-order valence-electron chi connectivity index (χ0n) is 10.7. The molecule has 0 bridgehead atoms. The van der Waals surface area contributed by atoms with Crippen LogP contribution in [0.2, 0.25) is 15.1 Å². The average Bonchev–Trinajstić information content (AvgIpc) is 2.37. The first-order valence-electron chi connectivity index (χ1n) is 5.96. The first kappa shape index (κ1) is 15.5. The summed E-state index contributed by atoms with van der Waals surface area (Å²) in [4.78, 5) is 0. The monoisotopic (exact) mass is 330 g/mol. The molecule has 106 valence electrons. The maximum absolute atomic E-state index is 10.3. The first-order valence-corrected chi connectivity index (χ1v) is 7.09. The van der Waals surface area contributed by atoms with Gasteiger partial charge in [-0.05, 0) is 47.5 Å². The number of hydrogen-bond donors (Lipinski definition) is 1. The van der Waals surface area contributed by atoms with Crippen LogP contribution in [-0.4, -0.2) is 12.2 Å². The van der Waals surface area contributed by atoms with E-state index in [0.717, 1.165) is 5.56 Å². The highest BCUT2D eigenvalue weighted by molar-refractivity contribution is 6.34. The molecule has 0 radical (unpaired) electrons. The van der Waals surface area contributed by atoms with Crippen LogP contribution >= 0.6 is 34.8 Å². The van der Waals surface area contributed by atoms with Crippen molar-refractivity contribution in [3.05, 3.63) is 62.6 Å². The number of aliphatic hydroxyl groups is 1. The second kappa shape index (κ2) is 6.68. The third-order valence-corrected chi connectivity index (χ3v) is 3.60. The van der Waals surface area contributed by atoms with E-state index in [2.05, 4.69) is 0 Å². The fraction of sp³-hybridized carbons (Fsp3) is 0.200. The number of hydrogen-bond acceptors (Lipinski definition) is 2. The molecule has 20 heavy (non-hydrogen) atoms. The molecule has 0 spiro atoms. The maximum Gasteiger partial charge on any atom is 0.122 e. The van der Waals surface area contributed by atoms with Gasteiger partial charge in [0, 0.05) is 21.5 Å². The first-order chi connectivity index (χ1) is 9.49. The lowest BCUT2D eigenvalue weighted by molar-refractivity contribution is 0.177. The molecule has 0 amide bonds. The van der Waals surface area contributed by atoms with Crippen molar-refractivity contribution in [1.29, 1.82) is 0 Å². The molecular formula is C15H13Cl3O2. The quantitative estimate of drug-likeness (QED) is 0.860. The van der Waals surface area contributed by atoms with Crippen molar-refractivity contribution in [2.75, 3.05) is 7.11 Å². The summed E-state index contributed by atoms with van der Waals surface area (Å²) in [5.74, 6) is 0.682. The lowest BCUT2D eigenvalue weighted by atomic mass is 10.0. The Labute approximate surface area is 132 Å². The Kier molecular flexibility index (Phi) is 5.17. The predicted molar refractivity (Wildman–Crippen MR) is 83.1 cm³/mol. The van der Waals surface area contributed by atoms with Crippen LogP contribution in [0.5, 0.6) is 5.75 Å². The Balaban J connectivity index is 2.27. The molecule has 0 saturated carbocycles. The van der Waals surface area contributed by atoms with Crippen molar-refractivity contribution in [3.8, 4) is 5.75 Å². The minimum Gasteiger partial charge on any atom is -0.496 e. The van der Waals surface area contributed by atoms with Gasteiger partial charge in [-0.15, -0.1) is 0 Å². The fourth-order valence-corrected chi connectivity index (χ4v) is 2.74. The van der Waals surface area contributed by atoms with Crippen molar-refractivity contribution in [3.63, 3.8) is 0 Å². The normalized spacial score (nSPS) is 12.2. The molecule has 5 heteroatoms. The van der Waals surface area contributed by atoms with Crippen LogP contribution in [0, 0.1) is 0 Å². The van der Waals surface area contributed by atoms with Crippen molar-refractivity contribution < 1.29 is 9.84 Å². The molecular weight excluding hydrogens is 319 g/mol. The van der Waals surface area contributed by atoms with Gasteiger partial charge in [-0.25, -0.2) is 0 Å². The third kappa shape index (κ3) is 3.80. The minimum atomic E-state index is -0.737. The molecule has 0 aromatic heterocycles. The molecule has 0 fully saturated rings. The van der Waals surface area contributed by atoms with Gasteiger partial charge in [-0.2, -0.15) is 0 Å². The van der Waals surface area contributed by atoms with Crippen molar-refractivity contribution in [2.24, 2.45) is 0 Å². The molecule has 1 unspecified atom stereocenters. The minimum absolute atomic E-state index is 0.362. The molecule has 0 aliphatic carbocycles. The number of aliphatic hydroxyl groups excluding tert-OH is 1. The summed E-state index contributed by atoms with van der Waals surface area (Å²) < 4.78 is 5.26. The van der Waals surface area contributed by atoms with Gasteiger partial charge in [0.25, 0.3) is 0 Å². The summed E-state index contributed by atoms with van der Waals surface area (Å²) in [6.45, 7) is 0. The van der Waals surface area contributed by atoms with Crippen molar-refractivity contribution in [2.45, 2.75) is 12.5 Å². The summed E-state index contributed by atoms with van der Waals surface area (Å²) in [6, 6.07) is 10.3. The molecule has 0 aliphatic rings. The molecule has 1 N–H and O–H groups in total. The van der Waals surface area contributed by atoms with E-state index in [1.54, 1.807) is 43.5 Å². The van der Waals surface area contributed by atoms with E-state index in [1.165, 1.54) is 0 Å². The van der Waals surface area contributed by atoms with Crippen LogP contribution in [0.4, 0.5) is 0 Å². The van der Waals surface area contributed by atoms with Crippen LogP contribution in [-0.2, 0) is 6.42 Å². The summed E-state index contributed by atoms with van der Waals surface area (Å²) in [6.07, 6.45) is -0.376. The van der Waals surface area contributed by atoms with E-state index in [9.17, 15) is 5.11 Å². The third-order valence-electron chi connectivity index (χ3n) is 2.93. The largest absolute Gasteiger partial charge is 0.496 e. The summed E-state index contributed by atoms with van der Waals surface area (Å²) in [5, 5.41) is 11.9. The van der Waals surface area contributed by atoms with E-state index in [-0.39, 0.29) is 0 Å². The topological polar surface area (TPSA) is 29.5 Å². The number of benzene rings is 2. The Morgan fingerprint density at radius 1 is 1.00 bits per heavy atom. The van der Waals surface area contributed by atoms with Gasteiger partial charge in [0.1, 0.15) is 5.75 Å². The zero-order valence-corrected chi connectivity index (χ0v) is 13.0. The molecule has 0 heterocycles. The number of methoxy groups -OCH3 is 1. The Morgan fingerprint density at radius 2 is 1.65 bits per heavy atom. The van der Waals surface area contributed by atoms with E-state index in [0.29, 0.717) is 32.8 Å². The number of rotatable bonds is 4. The lowest BCUT2D eigenvalue weighted by Gasteiger charge is -2.15. The van der Waals surface area contributed by atoms with Crippen molar-refractivity contribution >= 4 is 34.8 Å². The van der Waals surface area contributed by atoms with Gasteiger partial charge in [0.15, 0.2) is 0 Å². The summed E-state index contributed by atoms with van der Waals surface area (Å²) in [7, 11) is 1.58. The highest BCUT2D eigenvalue weighted by Gasteiger charge is 2.14.